The molecule has 5 rings (SSSR count). The molecule has 2 aromatic heterocycles. The van der Waals surface area contributed by atoms with Gasteiger partial charge in [0.15, 0.2) is 0 Å². The minimum Gasteiger partial charge on any atom is -0.337 e. The number of hydrogen-bond acceptors (Lipinski definition) is 10. The second-order valence-electron chi connectivity index (χ2n) is 8.40. The first-order valence-electron chi connectivity index (χ1n) is 11.5. The Morgan fingerprint density at radius 3 is 1.86 bits per heavy atom. The van der Waals surface area contributed by atoms with Gasteiger partial charge in [0.05, 0.1) is 23.8 Å². The first-order chi connectivity index (χ1) is 17.3. The van der Waals surface area contributed by atoms with E-state index in [4.69, 9.17) is 0 Å². The predicted molar refractivity (Wildman–Crippen MR) is 138 cm³/mol. The Morgan fingerprint density at radius 2 is 1.31 bits per heavy atom. The standard InChI is InChI=1S/C14H17N5.C11H11N3O2S/c1-11-4-2-3-5-12(11)13-10-16-18-14(17-13)19-8-6-15-7-9-19;1-8-5-3-4-6-9(8)10-7-12-14-11(13-10)17(2,15)16/h2-5,10,15H,6-9H2,1H3;3-7H,1-2H3. The second-order valence-corrected chi connectivity index (χ2v) is 10.3. The Kier molecular flexibility index (Phi) is 7.91. The maximum absolute atomic E-state index is 11.3. The van der Waals surface area contributed by atoms with Gasteiger partial charge in [-0.2, -0.15) is 10.2 Å². The molecule has 3 heterocycles. The van der Waals surface area contributed by atoms with E-state index in [0.717, 1.165) is 60.8 Å². The summed E-state index contributed by atoms with van der Waals surface area (Å²) in [6.45, 7) is 7.81. The van der Waals surface area contributed by atoms with Crippen LogP contribution in [0.2, 0.25) is 0 Å². The summed E-state index contributed by atoms with van der Waals surface area (Å²) in [6, 6.07) is 15.8. The minimum atomic E-state index is -3.43. The summed E-state index contributed by atoms with van der Waals surface area (Å²) in [7, 11) is -3.43. The molecule has 0 radical (unpaired) electrons. The Morgan fingerprint density at radius 1 is 0.778 bits per heavy atom. The van der Waals surface area contributed by atoms with E-state index in [2.05, 4.69) is 59.6 Å². The van der Waals surface area contributed by atoms with Crippen molar-refractivity contribution in [3.63, 3.8) is 0 Å². The highest BCUT2D eigenvalue weighted by atomic mass is 32.2. The van der Waals surface area contributed by atoms with Crippen LogP contribution in [-0.4, -0.2) is 71.2 Å². The number of nitrogens with zero attached hydrogens (tertiary/aromatic N) is 7. The lowest BCUT2D eigenvalue weighted by molar-refractivity contribution is 0.577. The average molecular weight is 505 g/mol. The van der Waals surface area contributed by atoms with Crippen molar-refractivity contribution in [3.05, 3.63) is 72.1 Å². The Hall–Kier alpha value is -3.83. The predicted octanol–water partition coefficient (Wildman–Crippen LogP) is 2.51. The van der Waals surface area contributed by atoms with Crippen LogP contribution in [0.4, 0.5) is 5.95 Å². The molecular formula is C25H28N8O2S. The molecule has 0 aliphatic carbocycles. The maximum Gasteiger partial charge on any atom is 0.267 e. The number of anilines is 1. The number of rotatable bonds is 4. The molecule has 0 saturated carbocycles. The monoisotopic (exact) mass is 504 g/mol. The molecule has 11 heteroatoms. The van der Waals surface area contributed by atoms with Crippen molar-refractivity contribution < 1.29 is 8.42 Å². The van der Waals surface area contributed by atoms with E-state index in [1.165, 1.54) is 11.8 Å². The van der Waals surface area contributed by atoms with Crippen LogP contribution in [-0.2, 0) is 9.84 Å². The Labute approximate surface area is 210 Å². The average Bonchev–Trinajstić information content (AvgIpc) is 2.90. The van der Waals surface area contributed by atoms with Crippen LogP contribution in [0.15, 0.2) is 66.1 Å². The van der Waals surface area contributed by atoms with Crippen LogP contribution in [0.25, 0.3) is 22.5 Å². The van der Waals surface area contributed by atoms with Crippen molar-refractivity contribution >= 4 is 15.8 Å². The fourth-order valence-electron chi connectivity index (χ4n) is 3.72. The van der Waals surface area contributed by atoms with Gasteiger partial charge in [0, 0.05) is 43.6 Å². The van der Waals surface area contributed by atoms with Gasteiger partial charge in [-0.15, -0.1) is 10.2 Å². The molecule has 36 heavy (non-hydrogen) atoms. The molecule has 2 aromatic carbocycles. The summed E-state index contributed by atoms with van der Waals surface area (Å²) < 4.78 is 22.7. The molecule has 4 aromatic rings. The number of aromatic nitrogens is 6. The zero-order valence-corrected chi connectivity index (χ0v) is 21.3. The zero-order valence-electron chi connectivity index (χ0n) is 20.5. The van der Waals surface area contributed by atoms with Gasteiger partial charge in [-0.1, -0.05) is 48.5 Å². The van der Waals surface area contributed by atoms with E-state index in [1.54, 1.807) is 6.20 Å². The lowest BCUT2D eigenvalue weighted by Gasteiger charge is -2.27. The third kappa shape index (κ3) is 6.23. The van der Waals surface area contributed by atoms with Crippen molar-refractivity contribution in [2.75, 3.05) is 37.3 Å². The smallest absolute Gasteiger partial charge is 0.267 e. The molecular weight excluding hydrogens is 476 g/mol. The van der Waals surface area contributed by atoms with Crippen molar-refractivity contribution in [1.29, 1.82) is 0 Å². The second kappa shape index (κ2) is 11.3. The van der Waals surface area contributed by atoms with Crippen molar-refractivity contribution in [1.82, 2.24) is 35.7 Å². The van der Waals surface area contributed by atoms with Gasteiger partial charge in [-0.25, -0.2) is 18.4 Å². The SMILES string of the molecule is Cc1ccccc1-c1cnnc(N2CCNCC2)n1.Cc1ccccc1-c1cnnc(S(C)(=O)=O)n1. The molecule has 1 N–H and O–H groups in total. The first kappa shape index (κ1) is 25.3. The van der Waals surface area contributed by atoms with Gasteiger partial charge >= 0.3 is 0 Å². The number of nitrogens with one attached hydrogen (secondary N) is 1. The number of benzene rings is 2. The normalized spacial score (nSPS) is 13.6. The van der Waals surface area contributed by atoms with Gasteiger partial charge in [0.25, 0.3) is 5.16 Å². The summed E-state index contributed by atoms with van der Waals surface area (Å²) in [6.07, 6.45) is 4.25. The zero-order chi connectivity index (χ0) is 25.5. The van der Waals surface area contributed by atoms with E-state index in [0.29, 0.717) is 5.69 Å². The highest BCUT2D eigenvalue weighted by Gasteiger charge is 2.15. The van der Waals surface area contributed by atoms with Gasteiger partial charge in [-0.3, -0.25) is 0 Å². The topological polar surface area (TPSA) is 127 Å². The quantitative estimate of drug-likeness (QED) is 0.443. The van der Waals surface area contributed by atoms with E-state index in [1.807, 2.05) is 43.3 Å². The molecule has 1 fully saturated rings. The highest BCUT2D eigenvalue weighted by Crippen LogP contribution is 2.22. The molecule has 186 valence electrons. The van der Waals surface area contributed by atoms with E-state index < -0.39 is 9.84 Å². The third-order valence-electron chi connectivity index (χ3n) is 5.66. The van der Waals surface area contributed by atoms with Gasteiger partial charge in [0.1, 0.15) is 0 Å². The van der Waals surface area contributed by atoms with Gasteiger partial charge < -0.3 is 10.2 Å². The molecule has 10 nitrogen and oxygen atoms in total. The Balaban J connectivity index is 0.000000170. The number of piperazine rings is 1. The molecule has 0 bridgehead atoms. The minimum absolute atomic E-state index is 0.252. The fourth-order valence-corrected chi connectivity index (χ4v) is 4.18. The molecule has 0 spiro atoms. The van der Waals surface area contributed by atoms with Crippen LogP contribution < -0.4 is 10.2 Å². The highest BCUT2D eigenvalue weighted by molar-refractivity contribution is 7.90. The van der Waals surface area contributed by atoms with E-state index >= 15 is 0 Å². The molecule has 1 saturated heterocycles. The van der Waals surface area contributed by atoms with E-state index in [9.17, 15) is 8.42 Å². The molecule has 1 aliphatic rings. The lowest BCUT2D eigenvalue weighted by Crippen LogP contribution is -2.44. The van der Waals surface area contributed by atoms with Crippen molar-refractivity contribution in [3.8, 4) is 22.5 Å². The summed E-state index contributed by atoms with van der Waals surface area (Å²) in [5, 5.41) is 18.5. The van der Waals surface area contributed by atoms with Crippen molar-refractivity contribution in [2.45, 2.75) is 19.0 Å². The molecule has 1 aliphatic heterocycles. The summed E-state index contributed by atoms with van der Waals surface area (Å²) in [5.74, 6) is 0.724. The molecule has 0 amide bonds. The largest absolute Gasteiger partial charge is 0.337 e. The van der Waals surface area contributed by atoms with E-state index in [-0.39, 0.29) is 5.16 Å². The van der Waals surface area contributed by atoms with Crippen LogP contribution in [0, 0.1) is 13.8 Å². The van der Waals surface area contributed by atoms with Gasteiger partial charge in [-0.05, 0) is 25.0 Å². The van der Waals surface area contributed by atoms with Crippen LogP contribution >= 0.6 is 0 Å². The number of hydrogen-bond donors (Lipinski definition) is 1. The maximum atomic E-state index is 11.3. The Bertz CT molecular complexity index is 1440. The molecule has 0 atom stereocenters. The van der Waals surface area contributed by atoms with Crippen LogP contribution in [0.5, 0.6) is 0 Å². The lowest BCUT2D eigenvalue weighted by atomic mass is 10.1. The first-order valence-corrected chi connectivity index (χ1v) is 13.4. The van der Waals surface area contributed by atoms with Crippen LogP contribution in [0.1, 0.15) is 11.1 Å². The summed E-state index contributed by atoms with van der Waals surface area (Å²) in [5.41, 5.74) is 5.59. The van der Waals surface area contributed by atoms with Crippen LogP contribution in [0.3, 0.4) is 0 Å². The third-order valence-corrected chi connectivity index (χ3v) is 6.50. The summed E-state index contributed by atoms with van der Waals surface area (Å²) in [4.78, 5) is 10.8. The number of sulfone groups is 1. The van der Waals surface area contributed by atoms with Crippen molar-refractivity contribution in [2.24, 2.45) is 0 Å². The van der Waals surface area contributed by atoms with Gasteiger partial charge in [0.2, 0.25) is 15.8 Å². The summed E-state index contributed by atoms with van der Waals surface area (Å²) >= 11 is 0. The fraction of sp³-hybridized carbons (Fsp3) is 0.280. The molecule has 0 unspecified atom stereocenters. The number of aryl methyl sites for hydroxylation is 2.